The van der Waals surface area contributed by atoms with E-state index in [2.05, 4.69) is 22.4 Å². The van der Waals surface area contributed by atoms with Crippen molar-refractivity contribution in [2.45, 2.75) is 13.3 Å². The van der Waals surface area contributed by atoms with E-state index in [9.17, 15) is 0 Å². The third-order valence-electron chi connectivity index (χ3n) is 2.96. The van der Waals surface area contributed by atoms with Gasteiger partial charge in [0, 0.05) is 6.54 Å². The summed E-state index contributed by atoms with van der Waals surface area (Å²) >= 11 is 0. The standard InChI is InChI=1S/C15H19N3O/c1-11-9-13(16)10-18-15(11)17-8-7-12-3-5-14(19-2)6-4-12/h3-6,9-10H,7-8,16H2,1-2H3,(H,17,18). The molecule has 0 aliphatic heterocycles. The number of hydrogen-bond donors (Lipinski definition) is 2. The summed E-state index contributed by atoms with van der Waals surface area (Å²) in [5.41, 5.74) is 8.69. The van der Waals surface area contributed by atoms with Gasteiger partial charge in [0.1, 0.15) is 11.6 Å². The minimum Gasteiger partial charge on any atom is -0.497 e. The third-order valence-corrected chi connectivity index (χ3v) is 2.96. The number of rotatable bonds is 5. The molecule has 4 nitrogen and oxygen atoms in total. The van der Waals surface area contributed by atoms with E-state index < -0.39 is 0 Å². The molecule has 2 rings (SSSR count). The number of hydrogen-bond acceptors (Lipinski definition) is 4. The molecule has 0 radical (unpaired) electrons. The van der Waals surface area contributed by atoms with Gasteiger partial charge < -0.3 is 15.8 Å². The summed E-state index contributed by atoms with van der Waals surface area (Å²) in [6.45, 7) is 2.84. The van der Waals surface area contributed by atoms with Crippen LogP contribution in [0.15, 0.2) is 36.5 Å². The Bertz CT molecular complexity index is 538. The van der Waals surface area contributed by atoms with Gasteiger partial charge in [0.15, 0.2) is 0 Å². The van der Waals surface area contributed by atoms with Crippen LogP contribution in [0.3, 0.4) is 0 Å². The van der Waals surface area contributed by atoms with Crippen LogP contribution in [0.5, 0.6) is 5.75 Å². The number of pyridine rings is 1. The normalized spacial score (nSPS) is 10.2. The molecule has 0 amide bonds. The minimum atomic E-state index is 0.693. The number of nitrogen functional groups attached to an aromatic ring is 1. The molecule has 3 N–H and O–H groups in total. The molecule has 1 heterocycles. The first-order chi connectivity index (χ1) is 9.19. The van der Waals surface area contributed by atoms with Crippen molar-refractivity contribution in [1.82, 2.24) is 4.98 Å². The summed E-state index contributed by atoms with van der Waals surface area (Å²) in [6, 6.07) is 10.0. The molecular formula is C15H19N3O. The predicted octanol–water partition coefficient (Wildman–Crippen LogP) is 2.64. The molecule has 0 fully saturated rings. The van der Waals surface area contributed by atoms with E-state index in [1.165, 1.54) is 5.56 Å². The van der Waals surface area contributed by atoms with Gasteiger partial charge in [-0.3, -0.25) is 0 Å². The Labute approximate surface area is 113 Å². The Balaban J connectivity index is 1.88. The Morgan fingerprint density at radius 2 is 2.00 bits per heavy atom. The topological polar surface area (TPSA) is 60.2 Å². The summed E-state index contributed by atoms with van der Waals surface area (Å²) in [5, 5.41) is 3.32. The Morgan fingerprint density at radius 1 is 1.26 bits per heavy atom. The number of nitrogens with two attached hydrogens (primary N) is 1. The molecule has 19 heavy (non-hydrogen) atoms. The highest BCUT2D eigenvalue weighted by Crippen LogP contribution is 2.15. The molecule has 1 aromatic heterocycles. The Kier molecular flexibility index (Phi) is 4.23. The van der Waals surface area contributed by atoms with Gasteiger partial charge in [-0.15, -0.1) is 0 Å². The van der Waals surface area contributed by atoms with E-state index in [1.807, 2.05) is 25.1 Å². The largest absolute Gasteiger partial charge is 0.497 e. The molecule has 0 aliphatic rings. The smallest absolute Gasteiger partial charge is 0.129 e. The molecule has 2 aromatic rings. The highest BCUT2D eigenvalue weighted by molar-refractivity contribution is 5.50. The van der Waals surface area contributed by atoms with Crippen LogP contribution in [0.4, 0.5) is 11.5 Å². The van der Waals surface area contributed by atoms with Gasteiger partial charge in [0.25, 0.3) is 0 Å². The fourth-order valence-electron chi connectivity index (χ4n) is 1.90. The number of nitrogens with zero attached hydrogens (tertiary/aromatic N) is 1. The maximum absolute atomic E-state index is 5.67. The first-order valence-electron chi connectivity index (χ1n) is 6.28. The van der Waals surface area contributed by atoms with Crippen molar-refractivity contribution in [3.05, 3.63) is 47.7 Å². The molecule has 0 bridgehead atoms. The minimum absolute atomic E-state index is 0.693. The summed E-state index contributed by atoms with van der Waals surface area (Å²) in [4.78, 5) is 4.28. The predicted molar refractivity (Wildman–Crippen MR) is 78.6 cm³/mol. The van der Waals surface area contributed by atoms with Gasteiger partial charge >= 0.3 is 0 Å². The van der Waals surface area contributed by atoms with Crippen LogP contribution in [0.2, 0.25) is 0 Å². The number of benzene rings is 1. The zero-order valence-electron chi connectivity index (χ0n) is 11.3. The summed E-state index contributed by atoms with van der Waals surface area (Å²) in [6.07, 6.45) is 2.61. The van der Waals surface area contributed by atoms with Gasteiger partial charge in [-0.05, 0) is 42.7 Å². The molecule has 0 unspecified atom stereocenters. The molecule has 0 aliphatic carbocycles. The van der Waals surface area contributed by atoms with Gasteiger partial charge in [0.05, 0.1) is 19.0 Å². The van der Waals surface area contributed by atoms with Gasteiger partial charge in [0.2, 0.25) is 0 Å². The Morgan fingerprint density at radius 3 is 2.63 bits per heavy atom. The second-order valence-electron chi connectivity index (χ2n) is 4.46. The number of nitrogens with one attached hydrogen (secondary N) is 1. The molecule has 1 aromatic carbocycles. The third kappa shape index (κ3) is 3.61. The van der Waals surface area contributed by atoms with E-state index in [0.29, 0.717) is 5.69 Å². The average Bonchev–Trinajstić information content (AvgIpc) is 2.42. The number of aryl methyl sites for hydroxylation is 1. The lowest BCUT2D eigenvalue weighted by Crippen LogP contribution is -2.08. The monoisotopic (exact) mass is 257 g/mol. The summed E-state index contributed by atoms with van der Waals surface area (Å²) in [7, 11) is 1.67. The van der Waals surface area contributed by atoms with E-state index in [4.69, 9.17) is 10.5 Å². The highest BCUT2D eigenvalue weighted by Gasteiger charge is 2.00. The van der Waals surface area contributed by atoms with Crippen molar-refractivity contribution >= 4 is 11.5 Å². The fourth-order valence-corrected chi connectivity index (χ4v) is 1.90. The van der Waals surface area contributed by atoms with Crippen LogP contribution in [-0.2, 0) is 6.42 Å². The fraction of sp³-hybridized carbons (Fsp3) is 0.267. The van der Waals surface area contributed by atoms with Crippen LogP contribution >= 0.6 is 0 Å². The van der Waals surface area contributed by atoms with Crippen LogP contribution in [0.25, 0.3) is 0 Å². The van der Waals surface area contributed by atoms with Crippen molar-refractivity contribution < 1.29 is 4.74 Å². The molecule has 4 heteroatoms. The van der Waals surface area contributed by atoms with Gasteiger partial charge in [-0.2, -0.15) is 0 Å². The summed E-state index contributed by atoms with van der Waals surface area (Å²) < 4.78 is 5.13. The zero-order chi connectivity index (χ0) is 13.7. The van der Waals surface area contributed by atoms with E-state index in [0.717, 1.165) is 30.1 Å². The van der Waals surface area contributed by atoms with E-state index >= 15 is 0 Å². The molecule has 0 saturated carbocycles. The van der Waals surface area contributed by atoms with Crippen molar-refractivity contribution in [2.24, 2.45) is 0 Å². The van der Waals surface area contributed by atoms with Crippen molar-refractivity contribution in [1.29, 1.82) is 0 Å². The summed E-state index contributed by atoms with van der Waals surface area (Å²) in [5.74, 6) is 1.77. The van der Waals surface area contributed by atoms with Gasteiger partial charge in [-0.1, -0.05) is 12.1 Å². The molecular weight excluding hydrogens is 238 g/mol. The van der Waals surface area contributed by atoms with Gasteiger partial charge in [-0.25, -0.2) is 4.98 Å². The molecule has 0 spiro atoms. The lowest BCUT2D eigenvalue weighted by atomic mass is 10.1. The van der Waals surface area contributed by atoms with Crippen molar-refractivity contribution in [2.75, 3.05) is 24.7 Å². The first kappa shape index (κ1) is 13.2. The number of methoxy groups -OCH3 is 1. The highest BCUT2D eigenvalue weighted by atomic mass is 16.5. The van der Waals surface area contributed by atoms with E-state index in [-0.39, 0.29) is 0 Å². The maximum Gasteiger partial charge on any atom is 0.129 e. The van der Waals surface area contributed by atoms with Crippen LogP contribution in [0, 0.1) is 6.92 Å². The quantitative estimate of drug-likeness (QED) is 0.864. The second kappa shape index (κ2) is 6.09. The van der Waals surface area contributed by atoms with Crippen LogP contribution in [0.1, 0.15) is 11.1 Å². The second-order valence-corrected chi connectivity index (χ2v) is 4.46. The first-order valence-corrected chi connectivity index (χ1v) is 6.28. The lowest BCUT2D eigenvalue weighted by molar-refractivity contribution is 0.414. The molecule has 0 saturated heterocycles. The maximum atomic E-state index is 5.67. The SMILES string of the molecule is COc1ccc(CCNc2ncc(N)cc2C)cc1. The average molecular weight is 257 g/mol. The molecule has 0 atom stereocenters. The van der Waals surface area contributed by atoms with E-state index in [1.54, 1.807) is 13.3 Å². The number of anilines is 2. The van der Waals surface area contributed by atoms with Crippen molar-refractivity contribution in [3.8, 4) is 5.75 Å². The molecule has 100 valence electrons. The number of ether oxygens (including phenoxy) is 1. The Hall–Kier alpha value is -2.23. The zero-order valence-corrected chi connectivity index (χ0v) is 11.3. The van der Waals surface area contributed by atoms with Crippen LogP contribution in [-0.4, -0.2) is 18.6 Å². The van der Waals surface area contributed by atoms with Crippen molar-refractivity contribution in [3.63, 3.8) is 0 Å². The lowest BCUT2D eigenvalue weighted by Gasteiger charge is -2.09. The van der Waals surface area contributed by atoms with Crippen LogP contribution < -0.4 is 15.8 Å². The number of aromatic nitrogens is 1.